The first-order chi connectivity index (χ1) is 8.83. The highest BCUT2D eigenvalue weighted by Gasteiger charge is 2.20. The van der Waals surface area contributed by atoms with Crippen molar-refractivity contribution in [2.24, 2.45) is 0 Å². The Balaban J connectivity index is 1.66. The molecule has 0 saturated carbocycles. The summed E-state index contributed by atoms with van der Waals surface area (Å²) in [5, 5.41) is 5.81. The van der Waals surface area contributed by atoms with E-state index in [0.717, 1.165) is 17.9 Å². The molecule has 2 aromatic heterocycles. The first-order valence-corrected chi connectivity index (χ1v) is 7.28. The lowest BCUT2D eigenvalue weighted by Crippen LogP contribution is -2.24. The molecule has 1 N–H and O–H groups in total. The van der Waals surface area contributed by atoms with E-state index < -0.39 is 0 Å². The van der Waals surface area contributed by atoms with Crippen molar-refractivity contribution in [1.29, 1.82) is 0 Å². The molecule has 3 rings (SSSR count). The van der Waals surface area contributed by atoms with Crippen LogP contribution in [-0.2, 0) is 13.0 Å². The van der Waals surface area contributed by atoms with Gasteiger partial charge in [-0.25, -0.2) is 0 Å². The molecule has 2 heterocycles. The highest BCUT2D eigenvalue weighted by Crippen LogP contribution is 2.33. The summed E-state index contributed by atoms with van der Waals surface area (Å²) < 4.78 is 0. The summed E-state index contributed by atoms with van der Waals surface area (Å²) in [5.74, 6) is 0. The second kappa shape index (κ2) is 5.16. The third-order valence-electron chi connectivity index (χ3n) is 3.42. The van der Waals surface area contributed by atoms with Gasteiger partial charge in [-0.2, -0.15) is 0 Å². The van der Waals surface area contributed by atoms with Crippen LogP contribution in [-0.4, -0.2) is 9.97 Å². The minimum Gasteiger partial charge on any atom is -0.304 e. The van der Waals surface area contributed by atoms with Gasteiger partial charge in [0.1, 0.15) is 0 Å². The summed E-state index contributed by atoms with van der Waals surface area (Å²) in [6, 6.07) is 2.75. The van der Waals surface area contributed by atoms with E-state index in [1.165, 1.54) is 24.8 Å². The molecule has 94 valence electrons. The van der Waals surface area contributed by atoms with Gasteiger partial charge in [0, 0.05) is 29.9 Å². The number of thiophene rings is 1. The Labute approximate surface area is 111 Å². The minimum absolute atomic E-state index is 0.489. The quantitative estimate of drug-likeness (QED) is 0.920. The van der Waals surface area contributed by atoms with Crippen LogP contribution in [0.3, 0.4) is 0 Å². The largest absolute Gasteiger partial charge is 0.304 e. The van der Waals surface area contributed by atoms with Crippen LogP contribution < -0.4 is 5.32 Å². The summed E-state index contributed by atoms with van der Waals surface area (Å²) in [6.07, 6.45) is 7.44. The molecule has 0 bridgehead atoms. The van der Waals surface area contributed by atoms with Crippen molar-refractivity contribution in [3.8, 4) is 0 Å². The lowest BCUT2D eigenvalue weighted by molar-refractivity contribution is 0.459. The number of rotatable bonds is 3. The molecule has 0 spiro atoms. The standard InChI is InChI=1S/C14H17N3S/c1-10-7-16-11(8-15-10)9-17-13-3-2-4-14-12(13)5-6-18-14/h5-8,13,17H,2-4,9H2,1H3. The molecule has 1 aliphatic rings. The Hall–Kier alpha value is -1.26. The van der Waals surface area contributed by atoms with Crippen LogP contribution >= 0.6 is 11.3 Å². The molecule has 1 aliphatic carbocycles. The molecule has 0 aromatic carbocycles. The van der Waals surface area contributed by atoms with Crippen molar-refractivity contribution in [2.45, 2.75) is 38.8 Å². The third kappa shape index (κ3) is 2.44. The molecular formula is C14H17N3S. The Kier molecular flexibility index (Phi) is 3.39. The normalized spacial score (nSPS) is 18.6. The van der Waals surface area contributed by atoms with E-state index in [9.17, 15) is 0 Å². The van der Waals surface area contributed by atoms with Crippen LogP contribution in [0.4, 0.5) is 0 Å². The molecule has 3 nitrogen and oxygen atoms in total. The van der Waals surface area contributed by atoms with Gasteiger partial charge >= 0.3 is 0 Å². The van der Waals surface area contributed by atoms with Crippen LogP contribution in [0.25, 0.3) is 0 Å². The Morgan fingerprint density at radius 1 is 1.39 bits per heavy atom. The first-order valence-electron chi connectivity index (χ1n) is 6.40. The summed E-state index contributed by atoms with van der Waals surface area (Å²) in [6.45, 7) is 2.76. The van der Waals surface area contributed by atoms with Crippen LogP contribution in [0.15, 0.2) is 23.8 Å². The van der Waals surface area contributed by atoms with Gasteiger partial charge in [0.2, 0.25) is 0 Å². The highest BCUT2D eigenvalue weighted by atomic mass is 32.1. The summed E-state index contributed by atoms with van der Waals surface area (Å²) in [7, 11) is 0. The second-order valence-corrected chi connectivity index (χ2v) is 5.77. The predicted molar refractivity (Wildman–Crippen MR) is 73.6 cm³/mol. The van der Waals surface area contributed by atoms with Gasteiger partial charge < -0.3 is 5.32 Å². The Morgan fingerprint density at radius 3 is 3.17 bits per heavy atom. The number of hydrogen-bond acceptors (Lipinski definition) is 4. The molecule has 0 aliphatic heterocycles. The number of aryl methyl sites for hydroxylation is 2. The van der Waals surface area contributed by atoms with Gasteiger partial charge in [-0.05, 0) is 43.2 Å². The molecule has 1 atom stereocenters. The zero-order valence-corrected chi connectivity index (χ0v) is 11.3. The van der Waals surface area contributed by atoms with Crippen molar-refractivity contribution in [3.63, 3.8) is 0 Å². The molecular weight excluding hydrogens is 242 g/mol. The van der Waals surface area contributed by atoms with Crippen LogP contribution in [0.2, 0.25) is 0 Å². The maximum Gasteiger partial charge on any atom is 0.0724 e. The van der Waals surface area contributed by atoms with E-state index in [1.54, 1.807) is 4.88 Å². The maximum absolute atomic E-state index is 4.38. The van der Waals surface area contributed by atoms with E-state index in [4.69, 9.17) is 0 Å². The smallest absolute Gasteiger partial charge is 0.0724 e. The SMILES string of the molecule is Cc1cnc(CNC2CCCc3sccc32)cn1. The Morgan fingerprint density at radius 2 is 2.33 bits per heavy atom. The molecule has 0 saturated heterocycles. The molecule has 18 heavy (non-hydrogen) atoms. The van der Waals surface area contributed by atoms with E-state index in [-0.39, 0.29) is 0 Å². The van der Waals surface area contributed by atoms with Gasteiger partial charge in [-0.15, -0.1) is 11.3 Å². The fourth-order valence-electron chi connectivity index (χ4n) is 2.44. The number of nitrogens with zero attached hydrogens (tertiary/aromatic N) is 2. The van der Waals surface area contributed by atoms with Gasteiger partial charge in [-0.3, -0.25) is 9.97 Å². The third-order valence-corrected chi connectivity index (χ3v) is 4.41. The van der Waals surface area contributed by atoms with E-state index in [2.05, 4.69) is 26.7 Å². The first kappa shape index (κ1) is 11.8. The molecule has 0 fully saturated rings. The number of hydrogen-bond donors (Lipinski definition) is 1. The second-order valence-electron chi connectivity index (χ2n) is 4.77. The van der Waals surface area contributed by atoms with Crippen molar-refractivity contribution >= 4 is 11.3 Å². The molecule has 0 radical (unpaired) electrons. The van der Waals surface area contributed by atoms with E-state index in [0.29, 0.717) is 6.04 Å². The highest BCUT2D eigenvalue weighted by molar-refractivity contribution is 7.10. The summed E-state index contributed by atoms with van der Waals surface area (Å²) in [5.41, 5.74) is 3.48. The number of aromatic nitrogens is 2. The number of fused-ring (bicyclic) bond motifs is 1. The zero-order valence-electron chi connectivity index (χ0n) is 10.5. The minimum atomic E-state index is 0.489. The predicted octanol–water partition coefficient (Wildman–Crippen LogP) is 3.01. The van der Waals surface area contributed by atoms with E-state index >= 15 is 0 Å². The van der Waals surface area contributed by atoms with Crippen LogP contribution in [0, 0.1) is 6.92 Å². The zero-order chi connectivity index (χ0) is 12.4. The van der Waals surface area contributed by atoms with E-state index in [1.807, 2.05) is 30.7 Å². The monoisotopic (exact) mass is 259 g/mol. The van der Waals surface area contributed by atoms with Crippen molar-refractivity contribution in [2.75, 3.05) is 0 Å². The molecule has 2 aromatic rings. The van der Waals surface area contributed by atoms with Crippen molar-refractivity contribution in [3.05, 3.63) is 45.7 Å². The fourth-order valence-corrected chi connectivity index (χ4v) is 3.42. The van der Waals surface area contributed by atoms with Gasteiger partial charge in [0.05, 0.1) is 11.4 Å². The van der Waals surface area contributed by atoms with Crippen LogP contribution in [0.5, 0.6) is 0 Å². The average molecular weight is 259 g/mol. The fraction of sp³-hybridized carbons (Fsp3) is 0.429. The lowest BCUT2D eigenvalue weighted by Gasteiger charge is -2.23. The van der Waals surface area contributed by atoms with Crippen molar-refractivity contribution in [1.82, 2.24) is 15.3 Å². The lowest BCUT2D eigenvalue weighted by atomic mass is 9.94. The van der Waals surface area contributed by atoms with Gasteiger partial charge in [0.25, 0.3) is 0 Å². The summed E-state index contributed by atoms with van der Waals surface area (Å²) in [4.78, 5) is 10.2. The topological polar surface area (TPSA) is 37.8 Å². The summed E-state index contributed by atoms with van der Waals surface area (Å²) >= 11 is 1.88. The van der Waals surface area contributed by atoms with Gasteiger partial charge in [0.15, 0.2) is 0 Å². The average Bonchev–Trinajstić information content (AvgIpc) is 2.87. The molecule has 4 heteroatoms. The van der Waals surface area contributed by atoms with Gasteiger partial charge in [-0.1, -0.05) is 0 Å². The number of nitrogens with one attached hydrogen (secondary N) is 1. The molecule has 1 unspecified atom stereocenters. The van der Waals surface area contributed by atoms with Crippen LogP contribution in [0.1, 0.15) is 40.7 Å². The maximum atomic E-state index is 4.38. The molecule has 0 amide bonds. The van der Waals surface area contributed by atoms with Crippen molar-refractivity contribution < 1.29 is 0 Å². The Bertz CT molecular complexity index is 518.